The highest BCUT2D eigenvalue weighted by Gasteiger charge is 2.14. The Morgan fingerprint density at radius 2 is 2.14 bits per heavy atom. The molecule has 3 rings (SSSR count). The molecule has 2 heterocycles. The second-order valence-electron chi connectivity index (χ2n) is 5.07. The molecule has 0 radical (unpaired) electrons. The third kappa shape index (κ3) is 3.32. The number of piperazine rings is 1. The molecule has 1 saturated heterocycles. The van der Waals surface area contributed by atoms with Gasteiger partial charge in [0.05, 0.1) is 22.8 Å². The van der Waals surface area contributed by atoms with E-state index in [1.54, 1.807) is 12.3 Å². The zero-order chi connectivity index (χ0) is 14.7. The van der Waals surface area contributed by atoms with Gasteiger partial charge in [-0.2, -0.15) is 0 Å². The van der Waals surface area contributed by atoms with E-state index in [-0.39, 0.29) is 5.91 Å². The molecule has 2 aromatic rings. The summed E-state index contributed by atoms with van der Waals surface area (Å²) >= 11 is 6.13. The SMILES string of the molecule is O=C(CN1CCNCC1)Nc1ccc(Cl)c2ncccc12. The molecule has 1 aromatic carbocycles. The monoisotopic (exact) mass is 304 g/mol. The number of hydrogen-bond acceptors (Lipinski definition) is 4. The summed E-state index contributed by atoms with van der Waals surface area (Å²) < 4.78 is 0. The third-order valence-electron chi connectivity index (χ3n) is 3.57. The molecule has 110 valence electrons. The Morgan fingerprint density at radius 3 is 2.95 bits per heavy atom. The summed E-state index contributed by atoms with van der Waals surface area (Å²) in [5.41, 5.74) is 1.46. The van der Waals surface area contributed by atoms with E-state index in [0.717, 1.165) is 37.3 Å². The Balaban J connectivity index is 1.75. The van der Waals surface area contributed by atoms with Gasteiger partial charge in [-0.15, -0.1) is 0 Å². The van der Waals surface area contributed by atoms with Crippen molar-refractivity contribution in [2.75, 3.05) is 38.0 Å². The lowest BCUT2D eigenvalue weighted by atomic mass is 10.2. The van der Waals surface area contributed by atoms with E-state index in [1.807, 2.05) is 18.2 Å². The average Bonchev–Trinajstić information content (AvgIpc) is 2.51. The fraction of sp³-hybridized carbons (Fsp3) is 0.333. The minimum absolute atomic E-state index is 0.00984. The highest BCUT2D eigenvalue weighted by molar-refractivity contribution is 6.35. The van der Waals surface area contributed by atoms with Gasteiger partial charge >= 0.3 is 0 Å². The first kappa shape index (κ1) is 14.3. The smallest absolute Gasteiger partial charge is 0.238 e. The predicted octanol–water partition coefficient (Wildman–Crippen LogP) is 1.73. The molecule has 0 unspecified atom stereocenters. The maximum absolute atomic E-state index is 12.2. The van der Waals surface area contributed by atoms with Crippen molar-refractivity contribution in [3.63, 3.8) is 0 Å². The molecule has 6 heteroatoms. The van der Waals surface area contributed by atoms with Gasteiger partial charge in [0.15, 0.2) is 0 Å². The van der Waals surface area contributed by atoms with Gasteiger partial charge in [0.1, 0.15) is 0 Å². The van der Waals surface area contributed by atoms with Crippen molar-refractivity contribution in [3.8, 4) is 0 Å². The number of pyridine rings is 1. The number of nitrogens with one attached hydrogen (secondary N) is 2. The van der Waals surface area contributed by atoms with Crippen LogP contribution in [0.25, 0.3) is 10.9 Å². The Kier molecular flexibility index (Phi) is 4.34. The normalized spacial score (nSPS) is 16.0. The molecule has 0 atom stereocenters. The molecule has 2 N–H and O–H groups in total. The second-order valence-corrected chi connectivity index (χ2v) is 5.48. The first-order chi connectivity index (χ1) is 10.2. The molecule has 1 amide bonds. The minimum Gasteiger partial charge on any atom is -0.324 e. The molecule has 21 heavy (non-hydrogen) atoms. The molecule has 1 fully saturated rings. The summed E-state index contributed by atoms with van der Waals surface area (Å²) in [6.45, 7) is 4.07. The van der Waals surface area contributed by atoms with Gasteiger partial charge in [0, 0.05) is 37.8 Å². The van der Waals surface area contributed by atoms with Crippen molar-refractivity contribution < 1.29 is 4.79 Å². The summed E-state index contributed by atoms with van der Waals surface area (Å²) in [4.78, 5) is 18.6. The Bertz CT molecular complexity index is 655. The van der Waals surface area contributed by atoms with Gasteiger partial charge in [-0.1, -0.05) is 11.6 Å². The molecular weight excluding hydrogens is 288 g/mol. The number of fused-ring (bicyclic) bond motifs is 1. The van der Waals surface area contributed by atoms with Crippen LogP contribution in [0.4, 0.5) is 5.69 Å². The van der Waals surface area contributed by atoms with Crippen LogP contribution >= 0.6 is 11.6 Å². The Labute approximate surface area is 128 Å². The highest BCUT2D eigenvalue weighted by atomic mass is 35.5. The molecule has 1 aliphatic rings. The van der Waals surface area contributed by atoms with Crippen molar-refractivity contribution in [3.05, 3.63) is 35.5 Å². The zero-order valence-electron chi connectivity index (χ0n) is 11.6. The number of anilines is 1. The highest BCUT2D eigenvalue weighted by Crippen LogP contribution is 2.27. The number of benzene rings is 1. The van der Waals surface area contributed by atoms with E-state index in [2.05, 4.69) is 20.5 Å². The lowest BCUT2D eigenvalue weighted by molar-refractivity contribution is -0.117. The summed E-state index contributed by atoms with van der Waals surface area (Å²) in [7, 11) is 0. The van der Waals surface area contributed by atoms with Crippen LogP contribution in [0.1, 0.15) is 0 Å². The molecule has 0 aliphatic carbocycles. The first-order valence-corrected chi connectivity index (χ1v) is 7.38. The van der Waals surface area contributed by atoms with Crippen LogP contribution in [0, 0.1) is 0 Å². The standard InChI is InChI=1S/C15H17ClN4O/c16-12-3-4-13(11-2-1-5-18-15(11)12)19-14(21)10-20-8-6-17-7-9-20/h1-5,17H,6-10H2,(H,19,21). The van der Waals surface area contributed by atoms with Crippen molar-refractivity contribution in [2.45, 2.75) is 0 Å². The number of hydrogen-bond donors (Lipinski definition) is 2. The summed E-state index contributed by atoms with van der Waals surface area (Å²) in [5, 5.41) is 7.68. The number of rotatable bonds is 3. The molecular formula is C15H17ClN4O. The van der Waals surface area contributed by atoms with Crippen molar-refractivity contribution in [1.29, 1.82) is 0 Å². The van der Waals surface area contributed by atoms with Crippen LogP contribution in [0.3, 0.4) is 0 Å². The van der Waals surface area contributed by atoms with E-state index >= 15 is 0 Å². The molecule has 0 bridgehead atoms. The van der Waals surface area contributed by atoms with Crippen LogP contribution < -0.4 is 10.6 Å². The van der Waals surface area contributed by atoms with Crippen LogP contribution in [-0.2, 0) is 4.79 Å². The quantitative estimate of drug-likeness (QED) is 0.907. The molecule has 1 aliphatic heterocycles. The maximum atomic E-state index is 12.2. The van der Waals surface area contributed by atoms with Gasteiger partial charge in [-0.3, -0.25) is 14.7 Å². The molecule has 1 aromatic heterocycles. The summed E-state index contributed by atoms with van der Waals surface area (Å²) in [5.74, 6) is -0.00984. The molecule has 0 spiro atoms. The lowest BCUT2D eigenvalue weighted by Gasteiger charge is -2.26. The fourth-order valence-electron chi connectivity index (χ4n) is 2.51. The topological polar surface area (TPSA) is 57.3 Å². The average molecular weight is 305 g/mol. The number of nitrogens with zero attached hydrogens (tertiary/aromatic N) is 2. The van der Waals surface area contributed by atoms with Crippen molar-refractivity contribution in [2.24, 2.45) is 0 Å². The number of carbonyl (C=O) groups is 1. The summed E-state index contributed by atoms with van der Waals surface area (Å²) in [6.07, 6.45) is 1.69. The van der Waals surface area contributed by atoms with Crippen LogP contribution in [0.2, 0.25) is 5.02 Å². The van der Waals surface area contributed by atoms with Gasteiger partial charge in [0.2, 0.25) is 5.91 Å². The van der Waals surface area contributed by atoms with E-state index in [1.165, 1.54) is 0 Å². The number of amides is 1. The van der Waals surface area contributed by atoms with Gasteiger partial charge < -0.3 is 10.6 Å². The first-order valence-electron chi connectivity index (χ1n) is 7.00. The van der Waals surface area contributed by atoms with E-state index in [0.29, 0.717) is 17.1 Å². The molecule has 5 nitrogen and oxygen atoms in total. The van der Waals surface area contributed by atoms with Gasteiger partial charge in [-0.05, 0) is 24.3 Å². The van der Waals surface area contributed by atoms with Crippen LogP contribution in [0.15, 0.2) is 30.5 Å². The Hall–Kier alpha value is -1.69. The van der Waals surface area contributed by atoms with E-state index in [4.69, 9.17) is 11.6 Å². The third-order valence-corrected chi connectivity index (χ3v) is 3.88. The van der Waals surface area contributed by atoms with Gasteiger partial charge in [0.25, 0.3) is 0 Å². The summed E-state index contributed by atoms with van der Waals surface area (Å²) in [6, 6.07) is 7.33. The zero-order valence-corrected chi connectivity index (χ0v) is 12.4. The van der Waals surface area contributed by atoms with Gasteiger partial charge in [-0.25, -0.2) is 0 Å². The van der Waals surface area contributed by atoms with Crippen LogP contribution in [0.5, 0.6) is 0 Å². The lowest BCUT2D eigenvalue weighted by Crippen LogP contribution is -2.46. The van der Waals surface area contributed by atoms with Crippen LogP contribution in [-0.4, -0.2) is 48.5 Å². The van der Waals surface area contributed by atoms with E-state index < -0.39 is 0 Å². The number of halogens is 1. The van der Waals surface area contributed by atoms with E-state index in [9.17, 15) is 4.79 Å². The maximum Gasteiger partial charge on any atom is 0.238 e. The molecule has 0 saturated carbocycles. The minimum atomic E-state index is -0.00984. The largest absolute Gasteiger partial charge is 0.324 e. The number of carbonyl (C=O) groups excluding carboxylic acids is 1. The second kappa shape index (κ2) is 6.39. The fourth-order valence-corrected chi connectivity index (χ4v) is 2.72. The van der Waals surface area contributed by atoms with Crippen molar-refractivity contribution >= 4 is 34.1 Å². The number of aromatic nitrogens is 1. The predicted molar refractivity (Wildman–Crippen MR) is 84.7 cm³/mol. The van der Waals surface area contributed by atoms with Crippen molar-refractivity contribution in [1.82, 2.24) is 15.2 Å². The Morgan fingerprint density at radius 1 is 1.33 bits per heavy atom.